The van der Waals surface area contributed by atoms with Crippen molar-refractivity contribution in [3.05, 3.63) is 35.9 Å². The van der Waals surface area contributed by atoms with Crippen LogP contribution in [0.25, 0.3) is 0 Å². The number of hydrogen-bond donors (Lipinski definition) is 1. The summed E-state index contributed by atoms with van der Waals surface area (Å²) in [6.07, 6.45) is 2.23. The fourth-order valence-electron chi connectivity index (χ4n) is 1.57. The second-order valence-corrected chi connectivity index (χ2v) is 4.17. The highest BCUT2D eigenvalue weighted by atomic mass is 35.5. The Morgan fingerprint density at radius 3 is 2.62 bits per heavy atom. The summed E-state index contributed by atoms with van der Waals surface area (Å²) in [5.74, 6) is 0.536. The van der Waals surface area contributed by atoms with Crippen molar-refractivity contribution in [2.45, 2.75) is 32.2 Å². The fraction of sp³-hybridized carbons (Fsp3) is 0.462. The molecule has 88 valence electrons. The Morgan fingerprint density at radius 2 is 2.06 bits per heavy atom. The molecule has 0 heterocycles. The molecule has 0 aromatic heterocycles. The van der Waals surface area contributed by atoms with E-state index in [1.165, 1.54) is 5.56 Å². The van der Waals surface area contributed by atoms with E-state index in [0.29, 0.717) is 12.3 Å². The molecule has 0 radical (unpaired) electrons. The SMILES string of the molecule is CCCC(=O)NC(CCl)Cc1ccccc1. The Hall–Kier alpha value is -1.02. The van der Waals surface area contributed by atoms with E-state index in [0.717, 1.165) is 12.8 Å². The van der Waals surface area contributed by atoms with Crippen LogP contribution in [0.3, 0.4) is 0 Å². The molecule has 0 fully saturated rings. The smallest absolute Gasteiger partial charge is 0.220 e. The van der Waals surface area contributed by atoms with E-state index in [1.807, 2.05) is 37.3 Å². The normalized spacial score (nSPS) is 12.1. The van der Waals surface area contributed by atoms with Crippen LogP contribution in [0.15, 0.2) is 30.3 Å². The zero-order valence-corrected chi connectivity index (χ0v) is 10.3. The maximum absolute atomic E-state index is 11.4. The van der Waals surface area contributed by atoms with Gasteiger partial charge in [-0.3, -0.25) is 4.79 Å². The van der Waals surface area contributed by atoms with E-state index >= 15 is 0 Å². The van der Waals surface area contributed by atoms with Gasteiger partial charge in [-0.2, -0.15) is 0 Å². The van der Waals surface area contributed by atoms with Gasteiger partial charge in [-0.1, -0.05) is 37.3 Å². The molecule has 0 aliphatic rings. The van der Waals surface area contributed by atoms with Crippen molar-refractivity contribution < 1.29 is 4.79 Å². The van der Waals surface area contributed by atoms with E-state index in [-0.39, 0.29) is 11.9 Å². The maximum Gasteiger partial charge on any atom is 0.220 e. The number of nitrogens with one attached hydrogen (secondary N) is 1. The van der Waals surface area contributed by atoms with E-state index in [9.17, 15) is 4.79 Å². The Labute approximate surface area is 102 Å². The van der Waals surface area contributed by atoms with Gasteiger partial charge in [0.2, 0.25) is 5.91 Å². The Bertz CT molecular complexity index is 313. The van der Waals surface area contributed by atoms with Gasteiger partial charge in [-0.15, -0.1) is 11.6 Å². The molecular formula is C13H18ClNO. The van der Waals surface area contributed by atoms with Crippen LogP contribution < -0.4 is 5.32 Å². The van der Waals surface area contributed by atoms with Crippen molar-refractivity contribution in [3.8, 4) is 0 Å². The van der Waals surface area contributed by atoms with Crippen LogP contribution in [-0.2, 0) is 11.2 Å². The molecule has 0 bridgehead atoms. The van der Waals surface area contributed by atoms with Crippen molar-refractivity contribution in [3.63, 3.8) is 0 Å². The van der Waals surface area contributed by atoms with Gasteiger partial charge in [0.1, 0.15) is 0 Å². The van der Waals surface area contributed by atoms with Gasteiger partial charge in [0, 0.05) is 18.3 Å². The number of benzene rings is 1. The largest absolute Gasteiger partial charge is 0.352 e. The third kappa shape index (κ3) is 4.67. The monoisotopic (exact) mass is 239 g/mol. The molecule has 16 heavy (non-hydrogen) atoms. The molecule has 1 rings (SSSR count). The number of alkyl halides is 1. The summed E-state index contributed by atoms with van der Waals surface area (Å²) in [7, 11) is 0. The van der Waals surface area contributed by atoms with Crippen molar-refractivity contribution in [1.29, 1.82) is 0 Å². The second-order valence-electron chi connectivity index (χ2n) is 3.86. The average Bonchev–Trinajstić information content (AvgIpc) is 2.30. The van der Waals surface area contributed by atoms with Crippen LogP contribution in [0, 0.1) is 0 Å². The lowest BCUT2D eigenvalue weighted by Gasteiger charge is -2.15. The lowest BCUT2D eigenvalue weighted by atomic mass is 10.1. The molecule has 1 unspecified atom stereocenters. The van der Waals surface area contributed by atoms with Gasteiger partial charge >= 0.3 is 0 Å². The van der Waals surface area contributed by atoms with Gasteiger partial charge in [0.25, 0.3) is 0 Å². The lowest BCUT2D eigenvalue weighted by molar-refractivity contribution is -0.121. The highest BCUT2D eigenvalue weighted by molar-refractivity contribution is 6.18. The molecule has 3 heteroatoms. The fourth-order valence-corrected chi connectivity index (χ4v) is 1.76. The summed E-state index contributed by atoms with van der Waals surface area (Å²) in [6.45, 7) is 1.99. The van der Waals surface area contributed by atoms with Crippen LogP contribution >= 0.6 is 11.6 Å². The second kappa shape index (κ2) is 7.29. The molecular weight excluding hydrogens is 222 g/mol. The van der Waals surface area contributed by atoms with E-state index in [4.69, 9.17) is 11.6 Å². The minimum Gasteiger partial charge on any atom is -0.352 e. The molecule has 0 saturated carbocycles. The lowest BCUT2D eigenvalue weighted by Crippen LogP contribution is -2.37. The first kappa shape index (κ1) is 13.0. The average molecular weight is 240 g/mol. The van der Waals surface area contributed by atoms with Crippen molar-refractivity contribution in [2.75, 3.05) is 5.88 Å². The number of halogens is 1. The highest BCUT2D eigenvalue weighted by Gasteiger charge is 2.10. The number of hydrogen-bond acceptors (Lipinski definition) is 1. The van der Waals surface area contributed by atoms with Crippen molar-refractivity contribution in [2.24, 2.45) is 0 Å². The third-order valence-electron chi connectivity index (χ3n) is 2.35. The van der Waals surface area contributed by atoms with E-state index < -0.39 is 0 Å². The van der Waals surface area contributed by atoms with E-state index in [2.05, 4.69) is 5.32 Å². The number of carbonyl (C=O) groups excluding carboxylic acids is 1. The quantitative estimate of drug-likeness (QED) is 0.760. The first-order valence-corrected chi connectivity index (χ1v) is 6.19. The van der Waals surface area contributed by atoms with Crippen molar-refractivity contribution >= 4 is 17.5 Å². The zero-order chi connectivity index (χ0) is 11.8. The molecule has 1 aromatic rings. The number of rotatable bonds is 6. The molecule has 0 aliphatic heterocycles. The zero-order valence-electron chi connectivity index (χ0n) is 9.58. The summed E-state index contributed by atoms with van der Waals surface area (Å²) in [5, 5.41) is 2.95. The van der Waals surface area contributed by atoms with Gasteiger partial charge < -0.3 is 5.32 Å². The van der Waals surface area contributed by atoms with Crippen molar-refractivity contribution in [1.82, 2.24) is 5.32 Å². The molecule has 1 N–H and O–H groups in total. The standard InChI is InChI=1S/C13H18ClNO/c1-2-6-13(16)15-12(10-14)9-11-7-4-3-5-8-11/h3-5,7-8,12H,2,6,9-10H2,1H3,(H,15,16). The summed E-state index contributed by atoms with van der Waals surface area (Å²) in [6, 6.07) is 10.1. The van der Waals surface area contributed by atoms with E-state index in [1.54, 1.807) is 0 Å². The predicted octanol–water partition coefficient (Wildman–Crippen LogP) is 2.75. The van der Waals surface area contributed by atoms with Crippen LogP contribution in [0.2, 0.25) is 0 Å². The molecule has 1 aromatic carbocycles. The molecule has 0 saturated heterocycles. The van der Waals surface area contributed by atoms with Gasteiger partial charge in [-0.05, 0) is 18.4 Å². The first-order valence-electron chi connectivity index (χ1n) is 5.65. The Balaban J connectivity index is 2.46. The highest BCUT2D eigenvalue weighted by Crippen LogP contribution is 2.05. The van der Waals surface area contributed by atoms with Crippen LogP contribution in [-0.4, -0.2) is 17.8 Å². The summed E-state index contributed by atoms with van der Waals surface area (Å²) < 4.78 is 0. The maximum atomic E-state index is 11.4. The van der Waals surface area contributed by atoms with Crippen LogP contribution in [0.4, 0.5) is 0 Å². The van der Waals surface area contributed by atoms with Crippen LogP contribution in [0.1, 0.15) is 25.3 Å². The minimum atomic E-state index is 0.0307. The number of carbonyl (C=O) groups is 1. The Kier molecular flexibility index (Phi) is 5.94. The minimum absolute atomic E-state index is 0.0307. The number of amides is 1. The molecule has 1 amide bonds. The Morgan fingerprint density at radius 1 is 1.38 bits per heavy atom. The topological polar surface area (TPSA) is 29.1 Å². The first-order chi connectivity index (χ1) is 7.76. The third-order valence-corrected chi connectivity index (χ3v) is 2.73. The molecule has 1 atom stereocenters. The van der Waals surface area contributed by atoms with Crippen LogP contribution in [0.5, 0.6) is 0 Å². The van der Waals surface area contributed by atoms with Gasteiger partial charge in [-0.25, -0.2) is 0 Å². The van der Waals surface area contributed by atoms with Gasteiger partial charge in [0.05, 0.1) is 0 Å². The molecule has 0 aliphatic carbocycles. The van der Waals surface area contributed by atoms with Gasteiger partial charge in [0.15, 0.2) is 0 Å². The molecule has 0 spiro atoms. The predicted molar refractivity (Wildman–Crippen MR) is 67.7 cm³/mol. The summed E-state index contributed by atoms with van der Waals surface area (Å²) in [5.41, 5.74) is 1.20. The summed E-state index contributed by atoms with van der Waals surface area (Å²) >= 11 is 5.85. The summed E-state index contributed by atoms with van der Waals surface area (Å²) in [4.78, 5) is 11.4. The molecule has 2 nitrogen and oxygen atoms in total.